The van der Waals surface area contributed by atoms with Crippen molar-refractivity contribution in [3.8, 4) is 5.82 Å². The average molecular weight is 243 g/mol. The van der Waals surface area contributed by atoms with Crippen molar-refractivity contribution in [3.63, 3.8) is 0 Å². The monoisotopic (exact) mass is 243 g/mol. The second kappa shape index (κ2) is 5.09. The van der Waals surface area contributed by atoms with Gasteiger partial charge in [-0.1, -0.05) is 6.58 Å². The first kappa shape index (κ1) is 11.8. The molecule has 0 saturated heterocycles. The van der Waals surface area contributed by atoms with Crippen molar-refractivity contribution in [2.75, 3.05) is 10.7 Å². The quantitative estimate of drug-likeness (QED) is 0.644. The van der Waals surface area contributed by atoms with Gasteiger partial charge in [0.2, 0.25) is 0 Å². The molecule has 0 spiro atoms. The Morgan fingerprint density at radius 3 is 2.94 bits per heavy atom. The second-order valence-corrected chi connectivity index (χ2v) is 3.30. The van der Waals surface area contributed by atoms with Crippen molar-refractivity contribution in [1.82, 2.24) is 19.7 Å². The van der Waals surface area contributed by atoms with E-state index in [2.05, 4.69) is 26.7 Å². The summed E-state index contributed by atoms with van der Waals surface area (Å²) in [6.07, 6.45) is 6.55. The van der Waals surface area contributed by atoms with Gasteiger partial charge in [0.15, 0.2) is 5.82 Å². The van der Waals surface area contributed by atoms with Gasteiger partial charge in [0.1, 0.15) is 5.82 Å². The fourth-order valence-electron chi connectivity index (χ4n) is 1.37. The molecule has 0 bridgehead atoms. The lowest BCUT2D eigenvalue weighted by Crippen LogP contribution is -2.13. The zero-order valence-electron chi connectivity index (χ0n) is 9.93. The third kappa shape index (κ3) is 2.34. The molecule has 2 rings (SSSR count). The Morgan fingerprint density at radius 1 is 1.50 bits per heavy atom. The van der Waals surface area contributed by atoms with Gasteiger partial charge in [0.05, 0.1) is 0 Å². The van der Waals surface area contributed by atoms with E-state index in [1.54, 1.807) is 42.3 Å². The smallest absolute Gasteiger partial charge is 0.254 e. The van der Waals surface area contributed by atoms with Crippen molar-refractivity contribution in [3.05, 3.63) is 37.3 Å². The lowest BCUT2D eigenvalue weighted by molar-refractivity contribution is 0.832. The minimum atomic E-state index is 0.337. The highest BCUT2D eigenvalue weighted by Crippen LogP contribution is 2.14. The second-order valence-electron chi connectivity index (χ2n) is 3.30. The fraction of sp³-hybridized carbons (Fsp3) is 0.0909. The summed E-state index contributed by atoms with van der Waals surface area (Å²) in [4.78, 5) is 8.42. The van der Waals surface area contributed by atoms with Gasteiger partial charge < -0.3 is 5.73 Å². The number of hydrazone groups is 1. The maximum absolute atomic E-state index is 5.75. The number of nitrogens with two attached hydrogens (primary N) is 1. The standard InChI is InChI=1S/C11H13N7/c1-3-13-17(4-2)11-15-9(12)8-10(16-11)18-7-5-6-14-18/h3-8H,2H2,1H3,(H2,12,15,16). The molecule has 92 valence electrons. The summed E-state index contributed by atoms with van der Waals surface area (Å²) >= 11 is 0. The maximum Gasteiger partial charge on any atom is 0.254 e. The number of hydrogen-bond donors (Lipinski definition) is 1. The van der Waals surface area contributed by atoms with Crippen molar-refractivity contribution in [1.29, 1.82) is 0 Å². The molecule has 0 fully saturated rings. The highest BCUT2D eigenvalue weighted by molar-refractivity contribution is 5.57. The summed E-state index contributed by atoms with van der Waals surface area (Å²) < 4.78 is 1.60. The van der Waals surface area contributed by atoms with E-state index in [1.807, 2.05) is 0 Å². The molecule has 0 amide bonds. The molecule has 0 radical (unpaired) electrons. The van der Waals surface area contributed by atoms with Crippen LogP contribution in [0.5, 0.6) is 0 Å². The van der Waals surface area contributed by atoms with E-state index in [0.717, 1.165) is 0 Å². The van der Waals surface area contributed by atoms with Crippen LogP contribution in [0.4, 0.5) is 11.8 Å². The Labute approximate surface area is 104 Å². The number of nitrogen functional groups attached to an aromatic ring is 1. The minimum absolute atomic E-state index is 0.337. The molecule has 0 unspecified atom stereocenters. The molecule has 0 aliphatic carbocycles. The molecule has 2 N–H and O–H groups in total. The Kier molecular flexibility index (Phi) is 3.33. The van der Waals surface area contributed by atoms with E-state index in [0.29, 0.717) is 17.6 Å². The summed E-state index contributed by atoms with van der Waals surface area (Å²) in [7, 11) is 0. The molecule has 0 aliphatic rings. The van der Waals surface area contributed by atoms with Crippen LogP contribution in [-0.4, -0.2) is 26.0 Å². The minimum Gasteiger partial charge on any atom is -0.383 e. The van der Waals surface area contributed by atoms with Crippen LogP contribution in [0.1, 0.15) is 6.92 Å². The molecule has 2 aromatic rings. The van der Waals surface area contributed by atoms with Crippen LogP contribution in [0, 0.1) is 0 Å². The van der Waals surface area contributed by atoms with Gasteiger partial charge in [-0.15, -0.1) is 0 Å². The zero-order valence-corrected chi connectivity index (χ0v) is 9.93. The Morgan fingerprint density at radius 2 is 2.33 bits per heavy atom. The Bertz CT molecular complexity index is 559. The van der Waals surface area contributed by atoms with Crippen molar-refractivity contribution in [2.45, 2.75) is 6.92 Å². The predicted octanol–water partition coefficient (Wildman–Crippen LogP) is 1.20. The summed E-state index contributed by atoms with van der Waals surface area (Å²) in [5.74, 6) is 1.25. The third-order valence-corrected chi connectivity index (χ3v) is 2.08. The molecule has 0 atom stereocenters. The summed E-state index contributed by atoms with van der Waals surface area (Å²) in [6, 6.07) is 3.43. The van der Waals surface area contributed by atoms with Crippen LogP contribution in [0.25, 0.3) is 5.82 Å². The van der Waals surface area contributed by atoms with Crippen LogP contribution in [0.2, 0.25) is 0 Å². The van der Waals surface area contributed by atoms with Gasteiger partial charge in [-0.25, -0.2) is 9.69 Å². The molecule has 2 heterocycles. The van der Waals surface area contributed by atoms with Gasteiger partial charge in [-0.05, 0) is 13.0 Å². The van der Waals surface area contributed by atoms with Crippen LogP contribution < -0.4 is 10.7 Å². The summed E-state index contributed by atoms with van der Waals surface area (Å²) in [5.41, 5.74) is 5.75. The van der Waals surface area contributed by atoms with E-state index in [9.17, 15) is 0 Å². The van der Waals surface area contributed by atoms with E-state index in [-0.39, 0.29) is 0 Å². The van der Waals surface area contributed by atoms with Gasteiger partial charge in [-0.3, -0.25) is 0 Å². The van der Waals surface area contributed by atoms with Crippen molar-refractivity contribution >= 4 is 18.0 Å². The van der Waals surface area contributed by atoms with E-state index in [4.69, 9.17) is 5.73 Å². The van der Waals surface area contributed by atoms with E-state index in [1.165, 1.54) is 11.2 Å². The Balaban J connectivity index is 2.46. The molecule has 18 heavy (non-hydrogen) atoms. The first-order valence-corrected chi connectivity index (χ1v) is 5.29. The van der Waals surface area contributed by atoms with Crippen LogP contribution in [-0.2, 0) is 0 Å². The number of nitrogens with zero attached hydrogens (tertiary/aromatic N) is 6. The average Bonchev–Trinajstić information content (AvgIpc) is 2.89. The first-order chi connectivity index (χ1) is 8.74. The SMILES string of the molecule is C=CN(N=CC)c1nc(N)cc(-n2cccn2)n1. The molecule has 2 aromatic heterocycles. The lowest BCUT2D eigenvalue weighted by atomic mass is 10.5. The zero-order chi connectivity index (χ0) is 13.0. The molecular weight excluding hydrogens is 230 g/mol. The first-order valence-electron chi connectivity index (χ1n) is 5.29. The number of aromatic nitrogens is 4. The fourth-order valence-corrected chi connectivity index (χ4v) is 1.37. The normalized spacial score (nSPS) is 10.7. The van der Waals surface area contributed by atoms with E-state index >= 15 is 0 Å². The largest absolute Gasteiger partial charge is 0.383 e. The molecule has 7 nitrogen and oxygen atoms in total. The van der Waals surface area contributed by atoms with Crippen LogP contribution in [0.15, 0.2) is 42.4 Å². The van der Waals surface area contributed by atoms with Gasteiger partial charge in [0, 0.05) is 30.9 Å². The third-order valence-electron chi connectivity index (χ3n) is 2.08. The number of rotatable bonds is 4. The van der Waals surface area contributed by atoms with Gasteiger partial charge >= 0.3 is 0 Å². The Hall–Kier alpha value is -2.70. The highest BCUT2D eigenvalue weighted by atomic mass is 15.5. The molecule has 7 heteroatoms. The maximum atomic E-state index is 5.75. The van der Waals surface area contributed by atoms with Gasteiger partial charge in [-0.2, -0.15) is 20.2 Å². The van der Waals surface area contributed by atoms with Gasteiger partial charge in [0.25, 0.3) is 5.95 Å². The number of hydrogen-bond acceptors (Lipinski definition) is 6. The van der Waals surface area contributed by atoms with Crippen LogP contribution in [0.3, 0.4) is 0 Å². The van der Waals surface area contributed by atoms with Crippen LogP contribution >= 0.6 is 0 Å². The molecule has 0 aliphatic heterocycles. The van der Waals surface area contributed by atoms with Crippen molar-refractivity contribution in [2.24, 2.45) is 5.10 Å². The lowest BCUT2D eigenvalue weighted by Gasteiger charge is -2.12. The molecule has 0 aromatic carbocycles. The predicted molar refractivity (Wildman–Crippen MR) is 70.4 cm³/mol. The molecule has 0 saturated carbocycles. The molecular formula is C11H13N7. The summed E-state index contributed by atoms with van der Waals surface area (Å²) in [6.45, 7) is 5.44. The van der Waals surface area contributed by atoms with Crippen molar-refractivity contribution < 1.29 is 0 Å². The van der Waals surface area contributed by atoms with E-state index < -0.39 is 0 Å². The highest BCUT2D eigenvalue weighted by Gasteiger charge is 2.09. The number of anilines is 2. The topological polar surface area (TPSA) is 85.2 Å². The summed E-state index contributed by atoms with van der Waals surface area (Å²) in [5, 5.41) is 9.58.